The third-order valence-electron chi connectivity index (χ3n) is 1.38. The van der Waals surface area contributed by atoms with Crippen LogP contribution in [0.4, 0.5) is 0 Å². The van der Waals surface area contributed by atoms with Crippen LogP contribution in [-0.2, 0) is 0 Å². The smallest absolute Gasteiger partial charge is 0.239 e. The number of hydrogen-bond donors (Lipinski definition) is 5. The minimum atomic E-state index is -2.24. The van der Waals surface area contributed by atoms with Crippen LogP contribution in [0.2, 0.25) is 0 Å². The summed E-state index contributed by atoms with van der Waals surface area (Å²) in [6.07, 6.45) is 0. The van der Waals surface area contributed by atoms with Gasteiger partial charge in [-0.25, -0.2) is 5.32 Å². The molecule has 0 aliphatic carbocycles. The lowest BCUT2D eigenvalue weighted by Gasteiger charge is -2.41. The summed E-state index contributed by atoms with van der Waals surface area (Å²) in [5, 5.41) is 37.7. The summed E-state index contributed by atoms with van der Waals surface area (Å²) in [6, 6.07) is 0. The molecule has 1 aliphatic heterocycles. The van der Waals surface area contributed by atoms with E-state index in [1.165, 1.54) is 4.90 Å². The predicted molar refractivity (Wildman–Crippen MR) is 35.0 cm³/mol. The van der Waals surface area contributed by atoms with Crippen LogP contribution in [0.5, 0.6) is 0 Å². The maximum Gasteiger partial charge on any atom is 0.239 e. The van der Waals surface area contributed by atoms with Crippen LogP contribution in [-0.4, -0.2) is 57.3 Å². The number of likely N-dealkylation sites (N-methyl/N-ethyl adjacent to an activating group) is 1. The first kappa shape index (κ1) is 8.85. The third kappa shape index (κ3) is 2.37. The molecule has 0 aromatic carbocycles. The van der Waals surface area contributed by atoms with Crippen LogP contribution >= 0.6 is 0 Å². The van der Waals surface area contributed by atoms with Crippen LogP contribution in [0.1, 0.15) is 0 Å². The van der Waals surface area contributed by atoms with Crippen molar-refractivity contribution in [2.24, 2.45) is 0 Å². The van der Waals surface area contributed by atoms with E-state index in [1.54, 1.807) is 7.05 Å². The molecule has 0 aromatic rings. The van der Waals surface area contributed by atoms with Crippen LogP contribution in [0.15, 0.2) is 0 Å². The Kier molecular flexibility index (Phi) is 1.91. The molecule has 0 spiro atoms. The second-order valence-corrected chi connectivity index (χ2v) is 2.93. The monoisotopic (exact) mass is 164 g/mol. The maximum absolute atomic E-state index is 8.96. The molecule has 0 unspecified atom stereocenters. The minimum Gasteiger partial charge on any atom is -0.352 e. The molecule has 1 saturated heterocycles. The summed E-state index contributed by atoms with van der Waals surface area (Å²) >= 11 is 0. The van der Waals surface area contributed by atoms with Gasteiger partial charge in [0, 0.05) is 0 Å². The molecular formula is C5H12N2O4. The van der Waals surface area contributed by atoms with E-state index < -0.39 is 11.8 Å². The highest BCUT2D eigenvalue weighted by Crippen LogP contribution is 2.11. The van der Waals surface area contributed by atoms with Crippen LogP contribution in [0, 0.1) is 0 Å². The first-order valence-corrected chi connectivity index (χ1v) is 3.18. The first-order chi connectivity index (χ1) is 4.81. The lowest BCUT2D eigenvalue weighted by Crippen LogP contribution is -2.70. The van der Waals surface area contributed by atoms with Crippen molar-refractivity contribution in [2.45, 2.75) is 11.8 Å². The van der Waals surface area contributed by atoms with Crippen molar-refractivity contribution in [3.8, 4) is 0 Å². The molecule has 1 heterocycles. The molecule has 5 N–H and O–H groups in total. The number of nitrogens with zero attached hydrogens (tertiary/aromatic N) is 1. The molecule has 0 aromatic heterocycles. The lowest BCUT2D eigenvalue weighted by molar-refractivity contribution is -0.319. The Labute approximate surface area is 63.7 Å². The van der Waals surface area contributed by atoms with Crippen molar-refractivity contribution in [3.63, 3.8) is 0 Å². The SMILES string of the molecule is CN1CC(O)(O)NC(O)(O)C1. The van der Waals surface area contributed by atoms with Gasteiger partial charge in [-0.3, -0.25) is 4.90 Å². The zero-order valence-electron chi connectivity index (χ0n) is 6.15. The second kappa shape index (κ2) is 2.37. The van der Waals surface area contributed by atoms with Crippen molar-refractivity contribution < 1.29 is 20.4 Å². The van der Waals surface area contributed by atoms with Gasteiger partial charge in [-0.1, -0.05) is 0 Å². The van der Waals surface area contributed by atoms with Crippen molar-refractivity contribution in [1.82, 2.24) is 10.2 Å². The van der Waals surface area contributed by atoms with Gasteiger partial charge >= 0.3 is 0 Å². The number of piperazine rings is 1. The molecule has 66 valence electrons. The molecule has 0 amide bonds. The molecule has 6 heteroatoms. The molecule has 1 aliphatic rings. The summed E-state index contributed by atoms with van der Waals surface area (Å²) in [4.78, 5) is 1.39. The maximum atomic E-state index is 8.96. The van der Waals surface area contributed by atoms with E-state index in [-0.39, 0.29) is 13.1 Å². The highest BCUT2D eigenvalue weighted by Gasteiger charge is 2.41. The fourth-order valence-corrected chi connectivity index (χ4v) is 1.21. The van der Waals surface area contributed by atoms with Gasteiger partial charge < -0.3 is 20.4 Å². The van der Waals surface area contributed by atoms with E-state index in [2.05, 4.69) is 0 Å². The van der Waals surface area contributed by atoms with E-state index in [4.69, 9.17) is 20.4 Å². The Hall–Kier alpha value is -0.240. The Morgan fingerprint density at radius 2 is 1.45 bits per heavy atom. The zero-order chi connectivity index (χ0) is 8.70. The first-order valence-electron chi connectivity index (χ1n) is 3.18. The van der Waals surface area contributed by atoms with Crippen molar-refractivity contribution in [3.05, 3.63) is 0 Å². The van der Waals surface area contributed by atoms with E-state index in [1.807, 2.05) is 5.32 Å². The fraction of sp³-hybridized carbons (Fsp3) is 1.00. The normalized spacial score (nSPS) is 30.3. The quantitative estimate of drug-likeness (QED) is 0.242. The molecule has 0 bridgehead atoms. The van der Waals surface area contributed by atoms with E-state index >= 15 is 0 Å². The highest BCUT2D eigenvalue weighted by molar-refractivity contribution is 4.81. The summed E-state index contributed by atoms with van der Waals surface area (Å²) in [6.45, 7) is -0.147. The van der Waals surface area contributed by atoms with Gasteiger partial charge in [0.15, 0.2) is 0 Å². The number of aliphatic hydroxyl groups is 4. The topological polar surface area (TPSA) is 96.2 Å². The molecule has 11 heavy (non-hydrogen) atoms. The average molecular weight is 164 g/mol. The summed E-state index contributed by atoms with van der Waals surface area (Å²) in [5.41, 5.74) is 0. The summed E-state index contributed by atoms with van der Waals surface area (Å²) < 4.78 is 0. The van der Waals surface area contributed by atoms with Gasteiger partial charge in [0.1, 0.15) is 0 Å². The molecule has 0 radical (unpaired) electrons. The summed E-state index contributed by atoms with van der Waals surface area (Å²) in [7, 11) is 1.54. The Morgan fingerprint density at radius 3 is 1.73 bits per heavy atom. The van der Waals surface area contributed by atoms with E-state index in [0.29, 0.717) is 0 Å². The van der Waals surface area contributed by atoms with Crippen molar-refractivity contribution in [1.29, 1.82) is 0 Å². The molecule has 0 atom stereocenters. The fourth-order valence-electron chi connectivity index (χ4n) is 1.21. The standard InChI is InChI=1S/C5H12N2O4/c1-7-2-4(8,9)6-5(10,11)3-7/h6,8-11H,2-3H2,1H3. The molecule has 1 rings (SSSR count). The molecule has 6 nitrogen and oxygen atoms in total. The van der Waals surface area contributed by atoms with Crippen LogP contribution in [0.25, 0.3) is 0 Å². The van der Waals surface area contributed by atoms with Gasteiger partial charge in [-0.2, -0.15) is 0 Å². The average Bonchev–Trinajstić information content (AvgIpc) is 1.49. The van der Waals surface area contributed by atoms with E-state index in [9.17, 15) is 0 Å². The lowest BCUT2D eigenvalue weighted by atomic mass is 10.3. The van der Waals surface area contributed by atoms with Gasteiger partial charge in [-0.05, 0) is 7.05 Å². The molecule has 1 fully saturated rings. The van der Waals surface area contributed by atoms with Crippen molar-refractivity contribution >= 4 is 0 Å². The zero-order valence-corrected chi connectivity index (χ0v) is 6.15. The highest BCUT2D eigenvalue weighted by atomic mass is 16.6. The van der Waals surface area contributed by atoms with Crippen LogP contribution < -0.4 is 5.32 Å². The van der Waals surface area contributed by atoms with Crippen LogP contribution in [0.3, 0.4) is 0 Å². The molecule has 0 saturated carbocycles. The Morgan fingerprint density at radius 1 is 1.09 bits per heavy atom. The predicted octanol–water partition coefficient (Wildman–Crippen LogP) is -3.20. The number of rotatable bonds is 0. The second-order valence-electron chi connectivity index (χ2n) is 2.93. The van der Waals surface area contributed by atoms with Crippen molar-refractivity contribution in [2.75, 3.05) is 20.1 Å². The Bertz CT molecular complexity index is 143. The van der Waals surface area contributed by atoms with E-state index in [0.717, 1.165) is 0 Å². The largest absolute Gasteiger partial charge is 0.352 e. The molecular weight excluding hydrogens is 152 g/mol. The number of β-amino-alcohol motifs (C(OH)–C–C–N with tert-alkyl or cyclic N) is 4. The Balaban J connectivity index is 2.66. The number of nitrogens with one attached hydrogen (secondary N) is 1. The van der Waals surface area contributed by atoms with Gasteiger partial charge in [-0.15, -0.1) is 0 Å². The van der Waals surface area contributed by atoms with Gasteiger partial charge in [0.25, 0.3) is 0 Å². The van der Waals surface area contributed by atoms with Gasteiger partial charge in [0.2, 0.25) is 11.8 Å². The van der Waals surface area contributed by atoms with Gasteiger partial charge in [0.05, 0.1) is 13.1 Å². The summed E-state index contributed by atoms with van der Waals surface area (Å²) in [5.74, 6) is -4.48. The minimum absolute atomic E-state index is 0.0735. The number of hydrogen-bond acceptors (Lipinski definition) is 6. The third-order valence-corrected chi connectivity index (χ3v) is 1.38.